The largest absolute Gasteiger partial charge is 1.00 e. The lowest BCUT2D eigenvalue weighted by molar-refractivity contribution is -0.955. The smallest absolute Gasteiger partial charge is 0.282 e. The molecule has 7 rings (SSSR count). The average molecular weight is 544 g/mol. The van der Waals surface area contributed by atoms with Crippen LogP contribution in [0.4, 0.5) is 4.39 Å². The van der Waals surface area contributed by atoms with Crippen molar-refractivity contribution in [2.24, 2.45) is 11.8 Å². The molecule has 1 N–H and O–H groups in total. The summed E-state index contributed by atoms with van der Waals surface area (Å²) in [6, 6.07) is 16.8. The summed E-state index contributed by atoms with van der Waals surface area (Å²) in [5.74, 6) is 1.61. The van der Waals surface area contributed by atoms with Crippen LogP contribution in [-0.2, 0) is 12.1 Å². The van der Waals surface area contributed by atoms with E-state index in [1.54, 1.807) is 12.1 Å². The van der Waals surface area contributed by atoms with Crippen molar-refractivity contribution in [3.8, 4) is 0 Å². The summed E-state index contributed by atoms with van der Waals surface area (Å²) < 4.78 is 20.5. The van der Waals surface area contributed by atoms with Gasteiger partial charge in [0.1, 0.15) is 5.82 Å². The second kappa shape index (κ2) is 11.0. The fourth-order valence-corrected chi connectivity index (χ4v) is 8.36. The molecule has 1 aromatic heterocycles. The minimum absolute atomic E-state index is 0. The van der Waals surface area contributed by atoms with Gasteiger partial charge in [-0.1, -0.05) is 60.8 Å². The van der Waals surface area contributed by atoms with Crippen molar-refractivity contribution < 1.29 is 30.9 Å². The fraction of sp³-hybridized carbons (Fsp3) is 0.517. The number of quaternary nitrogens is 1. The molecule has 0 amide bonds. The number of hydrogen-bond acceptors (Lipinski definition) is 5. The van der Waals surface area contributed by atoms with Crippen molar-refractivity contribution in [3.63, 3.8) is 0 Å². The number of rotatable bonds is 7. The Balaban J connectivity index is 0.00000280. The maximum absolute atomic E-state index is 13.8. The Morgan fingerprint density at radius 3 is 2.49 bits per heavy atom. The summed E-state index contributed by atoms with van der Waals surface area (Å²) in [4.78, 5) is 5.87. The number of hydrogen-bond donors (Lipinski definition) is 1. The number of halogens is 2. The van der Waals surface area contributed by atoms with Gasteiger partial charge in [-0.05, 0) is 48.4 Å². The molecule has 198 valence electrons. The van der Waals surface area contributed by atoms with Gasteiger partial charge in [0.2, 0.25) is 5.82 Å². The van der Waals surface area contributed by atoms with Gasteiger partial charge >= 0.3 is 0 Å². The van der Waals surface area contributed by atoms with E-state index in [0.29, 0.717) is 29.4 Å². The van der Waals surface area contributed by atoms with E-state index in [0.717, 1.165) is 60.3 Å². The molecule has 5 nitrogen and oxygen atoms in total. The third-order valence-corrected chi connectivity index (χ3v) is 10.2. The molecular weight excluding hydrogens is 509 g/mol. The molecule has 3 aromatic rings. The summed E-state index contributed by atoms with van der Waals surface area (Å²) >= 11 is 1.81. The van der Waals surface area contributed by atoms with Gasteiger partial charge in [0.15, 0.2) is 12.1 Å². The van der Waals surface area contributed by atoms with E-state index in [4.69, 9.17) is 9.51 Å². The Morgan fingerprint density at radius 2 is 1.76 bits per heavy atom. The van der Waals surface area contributed by atoms with E-state index in [1.807, 2.05) is 48.2 Å². The van der Waals surface area contributed by atoms with Crippen LogP contribution in [0.1, 0.15) is 62.2 Å². The highest BCUT2D eigenvalue weighted by atomic mass is 35.5. The van der Waals surface area contributed by atoms with Crippen LogP contribution in [0.5, 0.6) is 0 Å². The zero-order chi connectivity index (χ0) is 24.6. The molecule has 2 bridgehead atoms. The van der Waals surface area contributed by atoms with Crippen LogP contribution in [-0.4, -0.2) is 44.6 Å². The van der Waals surface area contributed by atoms with Crippen LogP contribution in [0.3, 0.4) is 0 Å². The van der Waals surface area contributed by atoms with E-state index in [-0.39, 0.29) is 24.1 Å². The van der Waals surface area contributed by atoms with E-state index >= 15 is 0 Å². The monoisotopic (exact) mass is 543 g/mol. The maximum atomic E-state index is 13.8. The number of nitrogens with zero attached hydrogens (tertiary/aromatic N) is 3. The molecule has 2 aromatic carbocycles. The molecule has 4 fully saturated rings. The topological polar surface area (TPSA) is 59.2 Å². The van der Waals surface area contributed by atoms with E-state index in [1.165, 1.54) is 25.3 Å². The molecule has 4 aliphatic rings. The van der Waals surface area contributed by atoms with Gasteiger partial charge in [0, 0.05) is 17.7 Å². The third kappa shape index (κ3) is 5.33. The lowest BCUT2D eigenvalue weighted by Crippen LogP contribution is -3.00. The number of fused-ring (bicyclic) bond motifs is 3. The lowest BCUT2D eigenvalue weighted by atomic mass is 9.73. The van der Waals surface area contributed by atoms with Crippen molar-refractivity contribution in [3.05, 3.63) is 77.7 Å². The first kappa shape index (κ1) is 26.7. The second-order valence-electron chi connectivity index (χ2n) is 11.1. The zero-order valence-electron chi connectivity index (χ0n) is 21.1. The van der Waals surface area contributed by atoms with Crippen LogP contribution in [0.25, 0.3) is 0 Å². The third-order valence-electron chi connectivity index (χ3n) is 8.81. The second-order valence-corrected chi connectivity index (χ2v) is 12.4. The Labute approximate surface area is 228 Å². The first-order valence-corrected chi connectivity index (χ1v) is 14.3. The minimum Gasteiger partial charge on any atom is -1.00 e. The van der Waals surface area contributed by atoms with Crippen molar-refractivity contribution in [1.29, 1.82) is 0 Å². The van der Waals surface area contributed by atoms with Gasteiger partial charge in [-0.25, -0.2) is 4.39 Å². The minimum atomic E-state index is -1.23. The molecule has 3 aliphatic heterocycles. The van der Waals surface area contributed by atoms with Gasteiger partial charge in [0.25, 0.3) is 5.89 Å². The molecule has 4 heterocycles. The van der Waals surface area contributed by atoms with Crippen LogP contribution >= 0.6 is 11.8 Å². The predicted octanol–water partition coefficient (Wildman–Crippen LogP) is 2.93. The summed E-state index contributed by atoms with van der Waals surface area (Å²) in [5, 5.41) is 17.0. The SMILES string of the molecule is O[C@](c1ccccc1)(c1noc(C[N+]23CCC(CC2)[C@@H](Sc2cccc(F)c2)C3)n1)C1CCCCC1.[Cl-]. The van der Waals surface area contributed by atoms with Crippen LogP contribution in [0, 0.1) is 17.7 Å². The Morgan fingerprint density at radius 1 is 1.00 bits per heavy atom. The number of aliphatic hydroxyl groups is 1. The van der Waals surface area contributed by atoms with E-state index in [9.17, 15) is 9.50 Å². The normalized spacial score (nSPS) is 27.4. The number of benzene rings is 2. The number of aromatic nitrogens is 2. The Bertz CT molecular complexity index is 1180. The van der Waals surface area contributed by atoms with Gasteiger partial charge < -0.3 is 26.5 Å². The highest BCUT2D eigenvalue weighted by molar-refractivity contribution is 8.00. The first-order chi connectivity index (χ1) is 17.5. The summed E-state index contributed by atoms with van der Waals surface area (Å²) in [6.07, 6.45) is 7.74. The molecule has 1 saturated carbocycles. The zero-order valence-corrected chi connectivity index (χ0v) is 22.6. The standard InChI is InChI=1S/C29H35FN3O2S.ClH/c30-24-12-7-13-25(18-24)36-26-19-33(16-14-21(26)15-17-33)20-27-31-28(32-35-27)29(34,22-8-3-1-4-9-22)23-10-5-2-6-11-23;/h1,3-4,7-9,12-13,18,21,23,26,34H,2,5-6,10-11,14-17,19-20H2;1H/q+1;/p-1/t21?,26-,29-,33?;/m0./s1. The lowest BCUT2D eigenvalue weighted by Gasteiger charge is -2.51. The summed E-state index contributed by atoms with van der Waals surface area (Å²) in [6.45, 7) is 3.92. The highest BCUT2D eigenvalue weighted by Gasteiger charge is 2.48. The van der Waals surface area contributed by atoms with Crippen LogP contribution in [0.2, 0.25) is 0 Å². The van der Waals surface area contributed by atoms with Gasteiger partial charge in [-0.3, -0.25) is 0 Å². The quantitative estimate of drug-likeness (QED) is 0.464. The van der Waals surface area contributed by atoms with Crippen LogP contribution in [0.15, 0.2) is 64.0 Å². The van der Waals surface area contributed by atoms with E-state index < -0.39 is 5.60 Å². The number of thioether (sulfide) groups is 1. The highest BCUT2D eigenvalue weighted by Crippen LogP contribution is 2.45. The van der Waals surface area contributed by atoms with Crippen LogP contribution < -0.4 is 12.4 Å². The molecule has 8 heteroatoms. The van der Waals surface area contributed by atoms with Crippen molar-refractivity contribution >= 4 is 11.8 Å². The molecule has 37 heavy (non-hydrogen) atoms. The molecule has 3 saturated heterocycles. The average Bonchev–Trinajstić information content (AvgIpc) is 3.38. The molecular formula is C29H35ClFN3O2S. The maximum Gasteiger partial charge on any atom is 0.282 e. The summed E-state index contributed by atoms with van der Waals surface area (Å²) in [5.41, 5.74) is -0.379. The van der Waals surface area contributed by atoms with Crippen molar-refractivity contribution in [2.45, 2.75) is 67.2 Å². The van der Waals surface area contributed by atoms with Gasteiger partial charge in [-0.2, -0.15) is 4.98 Å². The molecule has 1 aliphatic carbocycles. The van der Waals surface area contributed by atoms with Crippen molar-refractivity contribution in [2.75, 3.05) is 19.6 Å². The molecule has 2 atom stereocenters. The molecule has 0 radical (unpaired) electrons. The van der Waals surface area contributed by atoms with Gasteiger partial charge in [0.05, 0.1) is 24.9 Å². The first-order valence-electron chi connectivity index (χ1n) is 13.4. The van der Waals surface area contributed by atoms with E-state index in [2.05, 4.69) is 5.16 Å². The number of piperidine rings is 3. The molecule has 0 spiro atoms. The van der Waals surface area contributed by atoms with Gasteiger partial charge in [-0.15, -0.1) is 11.8 Å². The molecule has 0 unspecified atom stereocenters. The predicted molar refractivity (Wildman–Crippen MR) is 138 cm³/mol. The Kier molecular flexibility index (Phi) is 7.96. The summed E-state index contributed by atoms with van der Waals surface area (Å²) in [7, 11) is 0. The van der Waals surface area contributed by atoms with Crippen molar-refractivity contribution in [1.82, 2.24) is 10.1 Å². The fourth-order valence-electron chi connectivity index (χ4n) is 6.81. The Hall–Kier alpha value is -1.93.